The van der Waals surface area contributed by atoms with Gasteiger partial charge in [0, 0.05) is 37.7 Å². The van der Waals surface area contributed by atoms with Gasteiger partial charge in [0.05, 0.1) is 0 Å². The summed E-state index contributed by atoms with van der Waals surface area (Å²) < 4.78 is 3.55. The molecule has 1 atom stereocenters. The topological polar surface area (TPSA) is 112 Å². The van der Waals surface area contributed by atoms with E-state index in [2.05, 4.69) is 20.1 Å². The molecule has 1 aliphatic heterocycles. The van der Waals surface area contributed by atoms with Crippen molar-refractivity contribution in [2.24, 2.45) is 0 Å². The zero-order valence-corrected chi connectivity index (χ0v) is 11.1. The van der Waals surface area contributed by atoms with Crippen LogP contribution in [0.1, 0.15) is 6.92 Å². The summed E-state index contributed by atoms with van der Waals surface area (Å²) in [6.07, 6.45) is 0. The lowest BCUT2D eigenvalue weighted by molar-refractivity contribution is -0.143. The molecule has 0 aliphatic carbocycles. The fourth-order valence-corrected chi connectivity index (χ4v) is 2.18. The van der Waals surface area contributed by atoms with Crippen LogP contribution in [-0.2, 0) is 4.79 Å². The number of hydrogen-bond acceptors (Lipinski definition) is 7. The molecule has 19 heavy (non-hydrogen) atoms. The van der Waals surface area contributed by atoms with Crippen molar-refractivity contribution in [2.45, 2.75) is 13.0 Å². The maximum Gasteiger partial charge on any atom is 0.323 e. The van der Waals surface area contributed by atoms with Gasteiger partial charge in [-0.1, -0.05) is 9.59 Å². The third-order valence-electron chi connectivity index (χ3n) is 3.02. The van der Waals surface area contributed by atoms with Crippen LogP contribution in [0.4, 0.5) is 9.93 Å². The molecule has 0 bridgehead atoms. The maximum absolute atomic E-state index is 11.9. The third kappa shape index (κ3) is 3.35. The van der Waals surface area contributed by atoms with Crippen LogP contribution >= 0.6 is 11.5 Å². The Balaban J connectivity index is 1.83. The number of amides is 2. The number of urea groups is 1. The molecule has 9 nitrogen and oxygen atoms in total. The Labute approximate surface area is 113 Å². The summed E-state index contributed by atoms with van der Waals surface area (Å²) in [5, 5.41) is 18.9. The molecule has 2 rings (SSSR count). The molecule has 1 fully saturated rings. The SMILES string of the molecule is CC(C(=O)O)N1CCN(C(=O)Nc2nnns2)CC1. The maximum atomic E-state index is 11.9. The van der Waals surface area contributed by atoms with E-state index >= 15 is 0 Å². The number of anilines is 1. The van der Waals surface area contributed by atoms with Gasteiger partial charge in [0.1, 0.15) is 6.04 Å². The number of nitrogens with zero attached hydrogens (tertiary/aromatic N) is 5. The van der Waals surface area contributed by atoms with Crippen molar-refractivity contribution in [3.8, 4) is 0 Å². The van der Waals surface area contributed by atoms with Crippen molar-refractivity contribution < 1.29 is 14.7 Å². The van der Waals surface area contributed by atoms with Gasteiger partial charge in [-0.25, -0.2) is 4.79 Å². The van der Waals surface area contributed by atoms with Crippen LogP contribution in [0.3, 0.4) is 0 Å². The smallest absolute Gasteiger partial charge is 0.323 e. The Bertz CT molecular complexity index is 445. The van der Waals surface area contributed by atoms with E-state index in [1.165, 1.54) is 0 Å². The summed E-state index contributed by atoms with van der Waals surface area (Å²) in [5.74, 6) is -0.849. The van der Waals surface area contributed by atoms with Gasteiger partial charge in [0.15, 0.2) is 0 Å². The van der Waals surface area contributed by atoms with Crippen LogP contribution in [0.15, 0.2) is 0 Å². The van der Waals surface area contributed by atoms with Crippen LogP contribution < -0.4 is 5.32 Å². The molecule has 2 heterocycles. The number of carbonyl (C=O) groups is 2. The summed E-state index contributed by atoms with van der Waals surface area (Å²) in [5.41, 5.74) is 0. The number of hydrogen-bond donors (Lipinski definition) is 2. The van der Waals surface area contributed by atoms with E-state index in [4.69, 9.17) is 5.11 Å². The molecule has 0 radical (unpaired) electrons. The normalized spacial score (nSPS) is 18.1. The standard InChI is InChI=1S/C9H14N6O3S/c1-6(7(16)17)14-2-4-15(5-3-14)9(18)10-8-11-12-13-19-8/h6H,2-5H2,1H3,(H,16,17)(H,10,11,13,18). The minimum absolute atomic E-state index is 0.263. The number of aliphatic carboxylic acids is 1. The molecule has 2 amide bonds. The fraction of sp³-hybridized carbons (Fsp3) is 0.667. The summed E-state index contributed by atoms with van der Waals surface area (Å²) in [6.45, 7) is 3.68. The second kappa shape index (κ2) is 5.89. The lowest BCUT2D eigenvalue weighted by Gasteiger charge is -2.36. The first-order chi connectivity index (χ1) is 9.08. The van der Waals surface area contributed by atoms with E-state index in [0.29, 0.717) is 31.3 Å². The van der Waals surface area contributed by atoms with E-state index in [9.17, 15) is 9.59 Å². The van der Waals surface area contributed by atoms with E-state index in [-0.39, 0.29) is 6.03 Å². The number of carbonyl (C=O) groups excluding carboxylic acids is 1. The molecule has 0 spiro atoms. The Morgan fingerprint density at radius 1 is 1.37 bits per heavy atom. The van der Waals surface area contributed by atoms with Crippen molar-refractivity contribution in [3.05, 3.63) is 0 Å². The number of carboxylic acids is 1. The van der Waals surface area contributed by atoms with Gasteiger partial charge in [0.25, 0.3) is 0 Å². The number of aromatic nitrogens is 3. The predicted molar refractivity (Wildman–Crippen MR) is 67.0 cm³/mol. The number of carboxylic acid groups (broad SMARTS) is 1. The Hall–Kier alpha value is -1.81. The lowest BCUT2D eigenvalue weighted by Crippen LogP contribution is -2.53. The van der Waals surface area contributed by atoms with E-state index in [1.54, 1.807) is 11.8 Å². The number of piperazine rings is 1. The molecule has 104 valence electrons. The molecule has 1 saturated heterocycles. The second-order valence-corrected chi connectivity index (χ2v) is 4.87. The van der Waals surface area contributed by atoms with Gasteiger partial charge < -0.3 is 10.0 Å². The molecular formula is C9H14N6O3S. The number of rotatable bonds is 3. The average molecular weight is 286 g/mol. The van der Waals surface area contributed by atoms with Gasteiger partial charge >= 0.3 is 12.0 Å². The minimum atomic E-state index is -0.849. The molecule has 0 aromatic carbocycles. The zero-order chi connectivity index (χ0) is 13.8. The zero-order valence-electron chi connectivity index (χ0n) is 10.3. The summed E-state index contributed by atoms with van der Waals surface area (Å²) >= 11 is 1.01. The van der Waals surface area contributed by atoms with Crippen molar-refractivity contribution in [3.63, 3.8) is 0 Å². The minimum Gasteiger partial charge on any atom is -0.480 e. The van der Waals surface area contributed by atoms with Gasteiger partial charge in [-0.05, 0) is 12.1 Å². The van der Waals surface area contributed by atoms with E-state index < -0.39 is 12.0 Å². The van der Waals surface area contributed by atoms with Crippen molar-refractivity contribution in [1.29, 1.82) is 0 Å². The Kier molecular flexibility index (Phi) is 4.22. The van der Waals surface area contributed by atoms with Crippen LogP contribution in [0.25, 0.3) is 0 Å². The van der Waals surface area contributed by atoms with E-state index in [0.717, 1.165) is 11.5 Å². The van der Waals surface area contributed by atoms with Crippen molar-refractivity contribution >= 4 is 28.7 Å². The third-order valence-corrected chi connectivity index (χ3v) is 3.53. The average Bonchev–Trinajstić information content (AvgIpc) is 2.90. The molecule has 1 aromatic rings. The van der Waals surface area contributed by atoms with Crippen LogP contribution in [0, 0.1) is 0 Å². The number of nitrogens with one attached hydrogen (secondary N) is 1. The Morgan fingerprint density at radius 3 is 2.58 bits per heavy atom. The molecule has 1 unspecified atom stereocenters. The Morgan fingerprint density at radius 2 is 2.05 bits per heavy atom. The van der Waals surface area contributed by atoms with Gasteiger partial charge in [-0.3, -0.25) is 15.0 Å². The first kappa shape index (κ1) is 13.6. The van der Waals surface area contributed by atoms with E-state index in [1.807, 2.05) is 4.90 Å². The lowest BCUT2D eigenvalue weighted by atomic mass is 10.2. The van der Waals surface area contributed by atoms with Crippen molar-refractivity contribution in [1.82, 2.24) is 24.6 Å². The highest BCUT2D eigenvalue weighted by Crippen LogP contribution is 2.10. The first-order valence-electron chi connectivity index (χ1n) is 5.75. The van der Waals surface area contributed by atoms with Gasteiger partial charge in [-0.2, -0.15) is 0 Å². The fourth-order valence-electron chi connectivity index (χ4n) is 1.82. The van der Waals surface area contributed by atoms with Crippen LogP contribution in [0.2, 0.25) is 0 Å². The molecule has 1 aliphatic rings. The van der Waals surface area contributed by atoms with Crippen LogP contribution in [-0.4, -0.2) is 73.9 Å². The highest BCUT2D eigenvalue weighted by atomic mass is 32.1. The predicted octanol–water partition coefficient (Wildman–Crippen LogP) is -0.444. The second-order valence-electron chi connectivity index (χ2n) is 4.13. The molecular weight excluding hydrogens is 272 g/mol. The van der Waals surface area contributed by atoms with Gasteiger partial charge in [0.2, 0.25) is 5.13 Å². The summed E-state index contributed by atoms with van der Waals surface area (Å²) in [4.78, 5) is 26.2. The monoisotopic (exact) mass is 286 g/mol. The highest BCUT2D eigenvalue weighted by molar-refractivity contribution is 7.09. The molecule has 2 N–H and O–H groups in total. The summed E-state index contributed by atoms with van der Waals surface area (Å²) in [7, 11) is 0. The molecule has 1 aromatic heterocycles. The van der Waals surface area contributed by atoms with Crippen molar-refractivity contribution in [2.75, 3.05) is 31.5 Å². The quantitative estimate of drug-likeness (QED) is 0.774. The summed E-state index contributed by atoms with van der Waals surface area (Å²) in [6, 6.07) is -0.793. The highest BCUT2D eigenvalue weighted by Gasteiger charge is 2.27. The van der Waals surface area contributed by atoms with Gasteiger partial charge in [-0.15, -0.1) is 0 Å². The van der Waals surface area contributed by atoms with Crippen LogP contribution in [0.5, 0.6) is 0 Å². The largest absolute Gasteiger partial charge is 0.480 e. The molecule has 0 saturated carbocycles. The first-order valence-corrected chi connectivity index (χ1v) is 6.53. The molecule has 10 heteroatoms.